The summed E-state index contributed by atoms with van der Waals surface area (Å²) in [6, 6.07) is 11.8. The number of imidazole rings is 1. The highest BCUT2D eigenvalue weighted by atomic mass is 16.5. The lowest BCUT2D eigenvalue weighted by molar-refractivity contribution is 0.415. The van der Waals surface area contributed by atoms with Crippen molar-refractivity contribution in [1.29, 1.82) is 0 Å². The summed E-state index contributed by atoms with van der Waals surface area (Å²) in [6.07, 6.45) is 7.54. The number of hydrogen-bond donors (Lipinski definition) is 2. The molecule has 27 heavy (non-hydrogen) atoms. The minimum atomic E-state index is 0.634. The largest absolute Gasteiger partial charge is 0.497 e. The van der Waals surface area contributed by atoms with Crippen LogP contribution < -0.4 is 20.7 Å². The smallest absolute Gasteiger partial charge is 0.190 e. The topological polar surface area (TPSA) is 79.6 Å². The highest BCUT2D eigenvalue weighted by Gasteiger charge is 2.22. The predicted molar refractivity (Wildman–Crippen MR) is 102 cm³/mol. The van der Waals surface area contributed by atoms with E-state index in [1.54, 1.807) is 19.5 Å². The molecule has 0 unspecified atom stereocenters. The van der Waals surface area contributed by atoms with E-state index in [4.69, 9.17) is 9.72 Å². The molecule has 0 fully saturated rings. The van der Waals surface area contributed by atoms with Crippen LogP contribution in [0.2, 0.25) is 0 Å². The zero-order chi connectivity index (χ0) is 18.2. The molecule has 0 amide bonds. The van der Waals surface area contributed by atoms with Crippen LogP contribution in [0.3, 0.4) is 0 Å². The fourth-order valence-corrected chi connectivity index (χ4v) is 3.09. The molecule has 0 aliphatic carbocycles. The van der Waals surface area contributed by atoms with Gasteiger partial charge in [0.25, 0.3) is 0 Å². The zero-order valence-electron chi connectivity index (χ0n) is 14.6. The SMILES string of the molecule is COc1ccc(-c2cnc3c(n2)N(Cc2ccc4nccn4c2)NN3)cc1. The number of hydrazine groups is 2. The predicted octanol–water partition coefficient (Wildman–Crippen LogP) is 2.65. The van der Waals surface area contributed by atoms with E-state index in [1.165, 1.54) is 0 Å². The second-order valence-corrected chi connectivity index (χ2v) is 6.21. The second-order valence-electron chi connectivity index (χ2n) is 6.21. The van der Waals surface area contributed by atoms with Gasteiger partial charge in [0, 0.05) is 24.2 Å². The van der Waals surface area contributed by atoms with E-state index in [0.29, 0.717) is 12.4 Å². The normalized spacial score (nSPS) is 12.9. The summed E-state index contributed by atoms with van der Waals surface area (Å²) in [5.41, 5.74) is 10.0. The molecule has 4 heterocycles. The van der Waals surface area contributed by atoms with Gasteiger partial charge in [-0.05, 0) is 35.9 Å². The lowest BCUT2D eigenvalue weighted by Gasteiger charge is -2.17. The van der Waals surface area contributed by atoms with E-state index in [9.17, 15) is 0 Å². The van der Waals surface area contributed by atoms with Crippen molar-refractivity contribution in [3.63, 3.8) is 0 Å². The van der Waals surface area contributed by atoms with E-state index in [-0.39, 0.29) is 0 Å². The van der Waals surface area contributed by atoms with Gasteiger partial charge in [-0.25, -0.2) is 15.0 Å². The molecule has 5 rings (SSSR count). The zero-order valence-corrected chi connectivity index (χ0v) is 14.6. The standard InChI is InChI=1S/C19H17N7O/c1-27-15-5-3-14(4-6-15)16-10-21-18-19(22-16)26(24-23-18)12-13-2-7-17-20-8-9-25(17)11-13/h2-11,24H,12H2,1H3,(H,21,23). The van der Waals surface area contributed by atoms with Gasteiger partial charge in [-0.1, -0.05) is 6.07 Å². The van der Waals surface area contributed by atoms with Crippen LogP contribution in [0, 0.1) is 0 Å². The average Bonchev–Trinajstić information content (AvgIpc) is 3.34. The Kier molecular flexibility index (Phi) is 3.61. The lowest BCUT2D eigenvalue weighted by atomic mass is 10.1. The van der Waals surface area contributed by atoms with Crippen molar-refractivity contribution in [3.05, 3.63) is 66.7 Å². The van der Waals surface area contributed by atoms with Crippen LogP contribution in [0.5, 0.6) is 5.75 Å². The maximum absolute atomic E-state index is 5.22. The van der Waals surface area contributed by atoms with Crippen LogP contribution in [0.4, 0.5) is 11.6 Å². The van der Waals surface area contributed by atoms with Crippen molar-refractivity contribution in [2.75, 3.05) is 17.5 Å². The molecule has 0 atom stereocenters. The third-order valence-corrected chi connectivity index (χ3v) is 4.50. The number of benzene rings is 1. The molecule has 8 heteroatoms. The maximum Gasteiger partial charge on any atom is 0.190 e. The summed E-state index contributed by atoms with van der Waals surface area (Å²) >= 11 is 0. The molecule has 0 saturated heterocycles. The summed E-state index contributed by atoms with van der Waals surface area (Å²) in [4.78, 5) is 13.6. The molecular weight excluding hydrogens is 342 g/mol. The number of methoxy groups -OCH3 is 1. The van der Waals surface area contributed by atoms with Gasteiger partial charge < -0.3 is 9.14 Å². The summed E-state index contributed by atoms with van der Waals surface area (Å²) < 4.78 is 7.22. The molecule has 1 aliphatic rings. The van der Waals surface area contributed by atoms with Crippen molar-refractivity contribution in [2.45, 2.75) is 6.54 Å². The van der Waals surface area contributed by atoms with Gasteiger partial charge in [0.15, 0.2) is 11.6 Å². The number of rotatable bonds is 4. The Hall–Kier alpha value is -3.65. The molecule has 3 aromatic heterocycles. The molecule has 0 radical (unpaired) electrons. The molecule has 8 nitrogen and oxygen atoms in total. The van der Waals surface area contributed by atoms with Gasteiger partial charge in [-0.3, -0.25) is 10.4 Å². The Bertz CT molecular complexity index is 1110. The number of aromatic nitrogens is 4. The molecule has 1 aliphatic heterocycles. The van der Waals surface area contributed by atoms with Crippen LogP contribution in [-0.2, 0) is 6.54 Å². The Balaban J connectivity index is 1.44. The summed E-state index contributed by atoms with van der Waals surface area (Å²) in [5.74, 6) is 2.28. The molecule has 4 aromatic rings. The van der Waals surface area contributed by atoms with Crippen molar-refractivity contribution in [1.82, 2.24) is 24.9 Å². The third-order valence-electron chi connectivity index (χ3n) is 4.50. The Morgan fingerprint density at radius 2 is 1.96 bits per heavy atom. The first-order valence-electron chi connectivity index (χ1n) is 8.52. The van der Waals surface area contributed by atoms with E-state index in [2.05, 4.69) is 33.2 Å². The van der Waals surface area contributed by atoms with Crippen LogP contribution in [0.1, 0.15) is 5.56 Å². The fourth-order valence-electron chi connectivity index (χ4n) is 3.09. The van der Waals surface area contributed by atoms with Gasteiger partial charge in [0.2, 0.25) is 0 Å². The van der Waals surface area contributed by atoms with Crippen molar-refractivity contribution >= 4 is 17.3 Å². The van der Waals surface area contributed by atoms with Crippen LogP contribution in [-0.4, -0.2) is 26.5 Å². The number of ether oxygens (including phenoxy) is 1. The van der Waals surface area contributed by atoms with E-state index >= 15 is 0 Å². The maximum atomic E-state index is 5.22. The monoisotopic (exact) mass is 359 g/mol. The number of nitrogens with one attached hydrogen (secondary N) is 2. The minimum absolute atomic E-state index is 0.634. The molecule has 0 saturated carbocycles. The number of fused-ring (bicyclic) bond motifs is 2. The molecule has 0 spiro atoms. The van der Waals surface area contributed by atoms with Gasteiger partial charge in [-0.15, -0.1) is 5.53 Å². The van der Waals surface area contributed by atoms with Gasteiger partial charge in [0.05, 0.1) is 25.5 Å². The number of hydrogen-bond acceptors (Lipinski definition) is 7. The van der Waals surface area contributed by atoms with Crippen LogP contribution in [0.25, 0.3) is 16.9 Å². The first kappa shape index (κ1) is 15.6. The number of anilines is 2. The minimum Gasteiger partial charge on any atom is -0.497 e. The van der Waals surface area contributed by atoms with Crippen molar-refractivity contribution < 1.29 is 4.74 Å². The van der Waals surface area contributed by atoms with Gasteiger partial charge in [0.1, 0.15) is 11.4 Å². The average molecular weight is 359 g/mol. The highest BCUT2D eigenvalue weighted by molar-refractivity contribution is 5.70. The van der Waals surface area contributed by atoms with Crippen LogP contribution in [0.15, 0.2) is 61.2 Å². The van der Waals surface area contributed by atoms with Crippen LogP contribution >= 0.6 is 0 Å². The Labute approximate surface area is 155 Å². The summed E-state index contributed by atoms with van der Waals surface area (Å²) in [7, 11) is 1.65. The van der Waals surface area contributed by atoms with E-state index < -0.39 is 0 Å². The number of nitrogens with zero attached hydrogens (tertiary/aromatic N) is 5. The second kappa shape index (κ2) is 6.26. The number of pyridine rings is 1. The summed E-state index contributed by atoms with van der Waals surface area (Å²) in [6.45, 7) is 0.634. The third kappa shape index (κ3) is 2.81. The first-order chi connectivity index (χ1) is 13.3. The molecule has 1 aromatic carbocycles. The Morgan fingerprint density at radius 1 is 1.07 bits per heavy atom. The molecule has 134 valence electrons. The van der Waals surface area contributed by atoms with E-state index in [0.717, 1.165) is 34.0 Å². The van der Waals surface area contributed by atoms with Gasteiger partial charge in [-0.2, -0.15) is 0 Å². The lowest BCUT2D eigenvalue weighted by Crippen LogP contribution is -2.35. The Morgan fingerprint density at radius 3 is 2.81 bits per heavy atom. The molecule has 0 bridgehead atoms. The van der Waals surface area contributed by atoms with Crippen molar-refractivity contribution in [3.8, 4) is 17.0 Å². The fraction of sp³-hybridized carbons (Fsp3) is 0.105. The quantitative estimate of drug-likeness (QED) is 0.580. The van der Waals surface area contributed by atoms with Crippen molar-refractivity contribution in [2.24, 2.45) is 0 Å². The first-order valence-corrected chi connectivity index (χ1v) is 8.52. The highest BCUT2D eigenvalue weighted by Crippen LogP contribution is 2.29. The van der Waals surface area contributed by atoms with Gasteiger partial charge >= 0.3 is 0 Å². The molecule has 2 N–H and O–H groups in total. The molecular formula is C19H17N7O. The van der Waals surface area contributed by atoms with E-state index in [1.807, 2.05) is 45.9 Å². The summed E-state index contributed by atoms with van der Waals surface area (Å²) in [5, 5.41) is 1.94.